The largest absolute Gasteiger partial charge is 0.457 e. The van der Waals surface area contributed by atoms with Crippen molar-refractivity contribution >= 4 is 29.2 Å². The van der Waals surface area contributed by atoms with Gasteiger partial charge >= 0.3 is 5.97 Å². The van der Waals surface area contributed by atoms with Gasteiger partial charge in [0, 0.05) is 5.56 Å². The Hall–Kier alpha value is -2.48. The first kappa shape index (κ1) is 20.3. The van der Waals surface area contributed by atoms with Gasteiger partial charge in [-0.2, -0.15) is 5.26 Å². The summed E-state index contributed by atoms with van der Waals surface area (Å²) in [5.41, 5.74) is 0.231. The summed E-state index contributed by atoms with van der Waals surface area (Å²) in [5, 5.41) is 9.53. The third-order valence-electron chi connectivity index (χ3n) is 4.96. The summed E-state index contributed by atoms with van der Waals surface area (Å²) in [7, 11) is 0. The van der Waals surface area contributed by atoms with Crippen LogP contribution in [0.15, 0.2) is 65.2 Å². The number of hydrogen-bond donors (Lipinski definition) is 0. The van der Waals surface area contributed by atoms with Crippen molar-refractivity contribution < 1.29 is 14.3 Å². The van der Waals surface area contributed by atoms with Gasteiger partial charge in [0.15, 0.2) is 0 Å². The summed E-state index contributed by atoms with van der Waals surface area (Å²) in [4.78, 5) is 12.6. The lowest BCUT2D eigenvalue weighted by molar-refractivity contribution is -0.149. The maximum atomic E-state index is 12.6. The molecule has 1 saturated carbocycles. The lowest BCUT2D eigenvalue weighted by atomic mass is 10.1. The number of nitriles is 1. The van der Waals surface area contributed by atoms with E-state index in [0.29, 0.717) is 17.1 Å². The summed E-state index contributed by atoms with van der Waals surface area (Å²) in [6.07, 6.45) is 0.615. The fraction of sp³-hybridized carbons (Fsp3) is 0.273. The summed E-state index contributed by atoms with van der Waals surface area (Å²) >= 11 is 11.5. The van der Waals surface area contributed by atoms with Crippen LogP contribution < -0.4 is 4.74 Å². The van der Waals surface area contributed by atoms with Gasteiger partial charge in [-0.25, -0.2) is 0 Å². The highest BCUT2D eigenvalue weighted by Crippen LogP contribution is 2.60. The zero-order valence-electron chi connectivity index (χ0n) is 15.4. The highest BCUT2D eigenvalue weighted by atomic mass is 35.5. The first-order valence-corrected chi connectivity index (χ1v) is 9.54. The van der Waals surface area contributed by atoms with Crippen LogP contribution >= 0.6 is 23.2 Å². The topological polar surface area (TPSA) is 59.3 Å². The molecule has 28 heavy (non-hydrogen) atoms. The molecule has 0 aromatic heterocycles. The molecule has 0 unspecified atom stereocenters. The van der Waals surface area contributed by atoms with Gasteiger partial charge in [-0.3, -0.25) is 4.79 Å². The fourth-order valence-corrected chi connectivity index (χ4v) is 3.57. The number of nitrogens with zero attached hydrogens (tertiary/aromatic N) is 1. The van der Waals surface area contributed by atoms with Crippen LogP contribution in [-0.2, 0) is 9.53 Å². The minimum Gasteiger partial charge on any atom is -0.457 e. The summed E-state index contributed by atoms with van der Waals surface area (Å²) in [6, 6.07) is 18.3. The average molecular weight is 416 g/mol. The number of rotatable bonds is 6. The van der Waals surface area contributed by atoms with E-state index in [2.05, 4.69) is 0 Å². The molecule has 144 valence electrons. The van der Waals surface area contributed by atoms with E-state index in [1.54, 1.807) is 30.3 Å². The number of halogens is 2. The van der Waals surface area contributed by atoms with Crippen molar-refractivity contribution in [2.75, 3.05) is 0 Å². The molecule has 0 radical (unpaired) electrons. The molecule has 0 bridgehead atoms. The zero-order valence-corrected chi connectivity index (χ0v) is 16.9. The van der Waals surface area contributed by atoms with E-state index in [1.165, 1.54) is 0 Å². The molecule has 1 fully saturated rings. The molecule has 0 aliphatic heterocycles. The van der Waals surface area contributed by atoms with Crippen molar-refractivity contribution in [3.63, 3.8) is 0 Å². The molecule has 1 aliphatic carbocycles. The molecule has 0 amide bonds. The number of allylic oxidation sites excluding steroid dienone is 1. The number of benzene rings is 2. The van der Waals surface area contributed by atoms with Crippen LogP contribution in [0, 0.1) is 28.6 Å². The molecule has 0 saturated heterocycles. The van der Waals surface area contributed by atoms with Crippen LogP contribution in [-0.4, -0.2) is 5.97 Å². The lowest BCUT2D eigenvalue weighted by Crippen LogP contribution is -2.14. The molecule has 3 atom stereocenters. The van der Waals surface area contributed by atoms with Crippen molar-refractivity contribution in [2.45, 2.75) is 20.0 Å². The summed E-state index contributed by atoms with van der Waals surface area (Å²) in [5.74, 6) is 0.289. The van der Waals surface area contributed by atoms with Crippen LogP contribution in [0.1, 0.15) is 25.5 Å². The summed E-state index contributed by atoms with van der Waals surface area (Å²) in [6.45, 7) is 3.87. The molecule has 0 spiro atoms. The molecule has 2 aromatic rings. The van der Waals surface area contributed by atoms with Crippen molar-refractivity contribution in [3.05, 3.63) is 70.7 Å². The Bertz CT molecular complexity index is 930. The smallest absolute Gasteiger partial charge is 0.311 e. The first-order chi connectivity index (χ1) is 13.3. The van der Waals surface area contributed by atoms with Gasteiger partial charge in [-0.05, 0) is 41.7 Å². The highest BCUT2D eigenvalue weighted by molar-refractivity contribution is 6.55. The minimum atomic E-state index is -1.03. The number of hydrogen-bond acceptors (Lipinski definition) is 4. The van der Waals surface area contributed by atoms with Crippen LogP contribution in [0.2, 0.25) is 0 Å². The number of carbonyl (C=O) groups excluding carboxylic acids is 1. The average Bonchev–Trinajstić information content (AvgIpc) is 3.20. The molecule has 6 heteroatoms. The second-order valence-corrected chi connectivity index (χ2v) is 8.22. The Morgan fingerprint density at radius 3 is 2.46 bits per heavy atom. The Labute approximate surface area is 174 Å². The van der Waals surface area contributed by atoms with Crippen LogP contribution in [0.4, 0.5) is 0 Å². The van der Waals surface area contributed by atoms with Gasteiger partial charge in [0.25, 0.3) is 0 Å². The van der Waals surface area contributed by atoms with E-state index in [-0.39, 0.29) is 21.7 Å². The second kappa shape index (κ2) is 8.26. The Morgan fingerprint density at radius 1 is 1.14 bits per heavy atom. The van der Waals surface area contributed by atoms with Crippen molar-refractivity contribution in [2.24, 2.45) is 17.3 Å². The Balaban J connectivity index is 1.72. The second-order valence-electron chi connectivity index (χ2n) is 7.21. The van der Waals surface area contributed by atoms with Crippen molar-refractivity contribution in [1.82, 2.24) is 0 Å². The van der Waals surface area contributed by atoms with Gasteiger partial charge < -0.3 is 9.47 Å². The van der Waals surface area contributed by atoms with E-state index in [9.17, 15) is 10.1 Å². The Morgan fingerprint density at radius 2 is 1.82 bits per heavy atom. The number of ether oxygens (including phenoxy) is 2. The molecule has 4 nitrogen and oxygen atoms in total. The first-order valence-electron chi connectivity index (χ1n) is 8.78. The number of esters is 1. The van der Waals surface area contributed by atoms with Gasteiger partial charge in [-0.15, -0.1) is 0 Å². The van der Waals surface area contributed by atoms with E-state index in [1.807, 2.05) is 50.2 Å². The van der Waals surface area contributed by atoms with Crippen LogP contribution in [0.25, 0.3) is 0 Å². The van der Waals surface area contributed by atoms with E-state index >= 15 is 0 Å². The Kier molecular flexibility index (Phi) is 5.98. The molecule has 2 aromatic carbocycles. The molecular weight excluding hydrogens is 397 g/mol. The van der Waals surface area contributed by atoms with Crippen LogP contribution in [0.5, 0.6) is 11.5 Å². The predicted molar refractivity (Wildman–Crippen MR) is 108 cm³/mol. The third kappa shape index (κ3) is 4.49. The van der Waals surface area contributed by atoms with Gasteiger partial charge in [0.05, 0.1) is 5.92 Å². The predicted octanol–water partition coefficient (Wildman–Crippen LogP) is 6.18. The van der Waals surface area contributed by atoms with Crippen molar-refractivity contribution in [3.8, 4) is 17.6 Å². The standard InChI is InChI=1S/C22H19Cl2NO3/c1-22(2)17(12-19(23)24)20(22)21(26)28-18(13-25)14-7-6-10-16(11-14)27-15-8-4-3-5-9-15/h3-12,17-18,20H,1-2H3/t17-,18+,20+/m1/s1. The maximum absolute atomic E-state index is 12.6. The van der Waals surface area contributed by atoms with Gasteiger partial charge in [-0.1, -0.05) is 67.4 Å². The van der Waals surface area contributed by atoms with Crippen molar-refractivity contribution in [1.29, 1.82) is 5.26 Å². The molecular formula is C22H19Cl2NO3. The zero-order chi connectivity index (χ0) is 20.3. The minimum absolute atomic E-state index is 0.114. The summed E-state index contributed by atoms with van der Waals surface area (Å²) < 4.78 is 11.4. The number of para-hydroxylation sites is 1. The highest BCUT2D eigenvalue weighted by Gasteiger charge is 2.62. The molecule has 3 rings (SSSR count). The molecule has 1 aliphatic rings. The molecule has 0 N–H and O–H groups in total. The maximum Gasteiger partial charge on any atom is 0.311 e. The SMILES string of the molecule is CC1(C)[C@H](C=C(Cl)Cl)[C@H]1C(=O)O[C@@H](C#N)c1cccc(Oc2ccccc2)c1. The quantitative estimate of drug-likeness (QED) is 0.528. The normalized spacial score (nSPS) is 20.4. The number of carbonyl (C=O) groups is 1. The molecule has 0 heterocycles. The van der Waals surface area contributed by atoms with E-state index < -0.39 is 12.1 Å². The fourth-order valence-electron chi connectivity index (χ4n) is 3.30. The third-order valence-corrected chi connectivity index (χ3v) is 5.21. The van der Waals surface area contributed by atoms with E-state index in [4.69, 9.17) is 32.7 Å². The monoisotopic (exact) mass is 415 g/mol. The van der Waals surface area contributed by atoms with Gasteiger partial charge in [0.1, 0.15) is 22.1 Å². The van der Waals surface area contributed by atoms with Gasteiger partial charge in [0.2, 0.25) is 6.10 Å². The van der Waals surface area contributed by atoms with E-state index in [0.717, 1.165) is 0 Å². The van der Waals surface area contributed by atoms with Crippen LogP contribution in [0.3, 0.4) is 0 Å². The lowest BCUT2D eigenvalue weighted by Gasteiger charge is -2.13.